The van der Waals surface area contributed by atoms with Gasteiger partial charge in [-0.3, -0.25) is 9.69 Å². The van der Waals surface area contributed by atoms with E-state index in [0.29, 0.717) is 11.1 Å². The number of amides is 1. The fourth-order valence-corrected chi connectivity index (χ4v) is 6.42. The molecule has 2 aliphatic heterocycles. The van der Waals surface area contributed by atoms with Gasteiger partial charge in [-0.2, -0.15) is 8.42 Å². The number of benzene rings is 3. The lowest BCUT2D eigenvalue weighted by molar-refractivity contribution is -0.153. The van der Waals surface area contributed by atoms with Crippen molar-refractivity contribution in [2.75, 3.05) is 5.75 Å². The molecular formula is C27H24N2O6S2. The van der Waals surface area contributed by atoms with Crippen LogP contribution < -0.4 is 5.73 Å². The minimum atomic E-state index is -4.27. The predicted octanol–water partition coefficient (Wildman–Crippen LogP) is 3.49. The Labute approximate surface area is 219 Å². The summed E-state index contributed by atoms with van der Waals surface area (Å²) in [4.78, 5) is 27.5. The van der Waals surface area contributed by atoms with Crippen LogP contribution in [0.5, 0.6) is 0 Å². The van der Waals surface area contributed by atoms with Crippen LogP contribution in [-0.4, -0.2) is 42.4 Å². The predicted molar refractivity (Wildman–Crippen MR) is 138 cm³/mol. The zero-order valence-electron chi connectivity index (χ0n) is 19.8. The molecule has 1 fully saturated rings. The van der Waals surface area contributed by atoms with Gasteiger partial charge in [0.1, 0.15) is 16.3 Å². The van der Waals surface area contributed by atoms with Gasteiger partial charge >= 0.3 is 16.1 Å². The Hall–Kier alpha value is -3.60. The molecule has 1 saturated heterocycles. The fourth-order valence-electron chi connectivity index (χ4n) is 4.17. The minimum absolute atomic E-state index is 0.0268. The number of hydrogen-bond donors (Lipinski definition) is 1. The maximum Gasteiger partial charge on any atom is 0.359 e. The molecule has 0 aromatic heterocycles. The van der Waals surface area contributed by atoms with Crippen LogP contribution in [-0.2, 0) is 28.6 Å². The second kappa shape index (κ2) is 10.0. The monoisotopic (exact) mass is 536 g/mol. The van der Waals surface area contributed by atoms with Crippen molar-refractivity contribution in [2.45, 2.75) is 29.3 Å². The van der Waals surface area contributed by atoms with Gasteiger partial charge in [0, 0.05) is 0 Å². The summed E-state index contributed by atoms with van der Waals surface area (Å²) in [6, 6.07) is 23.6. The van der Waals surface area contributed by atoms with Crippen LogP contribution >= 0.6 is 11.8 Å². The number of carbonyl (C=O) groups excluding carboxylic acids is 2. The van der Waals surface area contributed by atoms with Gasteiger partial charge in [0.2, 0.25) is 5.91 Å². The largest absolute Gasteiger partial charge is 0.448 e. The van der Waals surface area contributed by atoms with Crippen molar-refractivity contribution in [1.82, 2.24) is 4.90 Å². The normalized spacial score (nSPS) is 19.3. The number of rotatable bonds is 7. The molecule has 3 aromatic rings. The Kier molecular flexibility index (Phi) is 6.80. The van der Waals surface area contributed by atoms with Crippen molar-refractivity contribution in [1.29, 1.82) is 0 Å². The van der Waals surface area contributed by atoms with E-state index in [4.69, 9.17) is 14.7 Å². The first-order valence-corrected chi connectivity index (χ1v) is 14.0. The highest BCUT2D eigenvalue weighted by Gasteiger charge is 2.53. The average Bonchev–Trinajstić information content (AvgIpc) is 2.92. The van der Waals surface area contributed by atoms with Crippen LogP contribution in [0, 0.1) is 6.92 Å². The molecule has 8 nitrogen and oxygen atoms in total. The van der Waals surface area contributed by atoms with Crippen molar-refractivity contribution in [3.05, 3.63) is 113 Å². The molecule has 2 heterocycles. The van der Waals surface area contributed by atoms with Crippen LogP contribution in [0.15, 0.2) is 101 Å². The third-order valence-electron chi connectivity index (χ3n) is 6.12. The van der Waals surface area contributed by atoms with Crippen molar-refractivity contribution in [3.63, 3.8) is 0 Å². The second-order valence-corrected chi connectivity index (χ2v) is 11.3. The Morgan fingerprint density at radius 3 is 2.11 bits per heavy atom. The summed E-state index contributed by atoms with van der Waals surface area (Å²) >= 11 is 1.23. The van der Waals surface area contributed by atoms with Crippen molar-refractivity contribution in [3.8, 4) is 0 Å². The number of fused-ring (bicyclic) bond motifs is 1. The van der Waals surface area contributed by atoms with Gasteiger partial charge in [0.05, 0.1) is 5.75 Å². The summed E-state index contributed by atoms with van der Waals surface area (Å²) in [5, 5.41) is -0.517. The molecule has 10 heteroatoms. The fraction of sp³-hybridized carbons (Fsp3) is 0.185. The quantitative estimate of drug-likeness (QED) is 0.277. The number of thioether (sulfide) groups is 1. The zero-order chi connectivity index (χ0) is 26.2. The highest BCUT2D eigenvalue weighted by Crippen LogP contribution is 2.42. The highest BCUT2D eigenvalue weighted by atomic mass is 32.2. The van der Waals surface area contributed by atoms with Crippen molar-refractivity contribution < 1.29 is 26.9 Å². The smallest absolute Gasteiger partial charge is 0.359 e. The van der Waals surface area contributed by atoms with E-state index in [0.717, 1.165) is 5.56 Å². The molecule has 190 valence electrons. The Balaban J connectivity index is 1.53. The van der Waals surface area contributed by atoms with E-state index in [9.17, 15) is 18.0 Å². The van der Waals surface area contributed by atoms with Crippen LogP contribution in [0.4, 0.5) is 0 Å². The summed E-state index contributed by atoms with van der Waals surface area (Å²) in [7, 11) is -4.27. The van der Waals surface area contributed by atoms with Gasteiger partial charge < -0.3 is 14.7 Å². The Morgan fingerprint density at radius 2 is 1.54 bits per heavy atom. The summed E-state index contributed by atoms with van der Waals surface area (Å²) in [5.74, 6) is -1.53. The van der Waals surface area contributed by atoms with Gasteiger partial charge in [0.15, 0.2) is 17.6 Å². The molecule has 3 aromatic carbocycles. The molecule has 2 aliphatic rings. The van der Waals surface area contributed by atoms with Gasteiger partial charge in [0.25, 0.3) is 0 Å². The van der Waals surface area contributed by atoms with Crippen LogP contribution in [0.3, 0.4) is 0 Å². The number of nitrogens with two attached hydrogens (primary N) is 1. The summed E-state index contributed by atoms with van der Waals surface area (Å²) in [5.41, 5.74) is 8.02. The summed E-state index contributed by atoms with van der Waals surface area (Å²) in [6.07, 6.45) is -0.796. The Bertz CT molecular complexity index is 1420. The number of ether oxygens (including phenoxy) is 1. The van der Waals surface area contributed by atoms with Gasteiger partial charge in [-0.25, -0.2) is 4.79 Å². The minimum Gasteiger partial charge on any atom is -0.448 e. The number of aryl methyl sites for hydroxylation is 1. The topological polar surface area (TPSA) is 116 Å². The SMILES string of the molecule is Cc1ccc(S(=O)(=O)OC2=C(C(=O)OC(c3ccccc3)c3ccccc3)N3C(=O)C(N)[C@@H]3SC2)cc1. The van der Waals surface area contributed by atoms with Gasteiger partial charge in [-0.1, -0.05) is 78.4 Å². The molecule has 0 bridgehead atoms. The first-order valence-electron chi connectivity index (χ1n) is 11.5. The molecule has 1 amide bonds. The Morgan fingerprint density at radius 1 is 0.973 bits per heavy atom. The lowest BCUT2D eigenvalue weighted by atomic mass is 10.0. The summed E-state index contributed by atoms with van der Waals surface area (Å²) in [6.45, 7) is 1.83. The van der Waals surface area contributed by atoms with E-state index in [2.05, 4.69) is 0 Å². The molecule has 0 saturated carbocycles. The molecule has 37 heavy (non-hydrogen) atoms. The number of hydrogen-bond acceptors (Lipinski definition) is 8. The van der Waals surface area contributed by atoms with E-state index in [-0.39, 0.29) is 22.1 Å². The van der Waals surface area contributed by atoms with Crippen molar-refractivity contribution in [2.24, 2.45) is 5.73 Å². The number of carbonyl (C=O) groups is 2. The molecule has 0 aliphatic carbocycles. The molecule has 0 radical (unpaired) electrons. The summed E-state index contributed by atoms with van der Waals surface area (Å²) < 4.78 is 37.5. The number of β-lactam (4-membered cyclic amide) rings is 1. The van der Waals surface area contributed by atoms with E-state index in [1.54, 1.807) is 12.1 Å². The number of nitrogens with zero attached hydrogens (tertiary/aromatic N) is 1. The second-order valence-electron chi connectivity index (χ2n) is 8.66. The van der Waals surface area contributed by atoms with Crippen LogP contribution in [0.1, 0.15) is 22.8 Å². The zero-order valence-corrected chi connectivity index (χ0v) is 21.4. The first kappa shape index (κ1) is 25.1. The van der Waals surface area contributed by atoms with Crippen LogP contribution in [0.2, 0.25) is 0 Å². The van der Waals surface area contributed by atoms with Crippen molar-refractivity contribution >= 4 is 33.8 Å². The number of esters is 1. The average molecular weight is 537 g/mol. The maximum atomic E-state index is 13.7. The molecule has 0 spiro atoms. The van der Waals surface area contributed by atoms with E-state index >= 15 is 0 Å². The van der Waals surface area contributed by atoms with E-state index in [1.807, 2.05) is 67.6 Å². The van der Waals surface area contributed by atoms with E-state index in [1.165, 1.54) is 28.8 Å². The molecule has 2 N–H and O–H groups in total. The maximum absolute atomic E-state index is 13.7. The molecular weight excluding hydrogens is 512 g/mol. The molecule has 1 unspecified atom stereocenters. The lowest BCUT2D eigenvalue weighted by Crippen LogP contribution is -2.68. The molecule has 2 atom stereocenters. The first-order chi connectivity index (χ1) is 17.8. The van der Waals surface area contributed by atoms with Gasteiger partial charge in [-0.05, 0) is 30.2 Å². The van der Waals surface area contributed by atoms with Gasteiger partial charge in [-0.15, -0.1) is 11.8 Å². The standard InChI is InChI=1S/C27H24N2O6S2/c1-17-12-14-20(15-13-17)37(32,33)35-21-16-36-26-22(28)25(30)29(26)23(21)27(31)34-24(18-8-4-2-5-9-18)19-10-6-3-7-11-19/h2-15,22,24,26H,16,28H2,1H3/t22?,26-/m0/s1. The highest BCUT2D eigenvalue weighted by molar-refractivity contribution is 8.00. The third-order valence-corrected chi connectivity index (χ3v) is 8.66. The molecule has 5 rings (SSSR count). The lowest BCUT2D eigenvalue weighted by Gasteiger charge is -2.47. The van der Waals surface area contributed by atoms with Crippen LogP contribution in [0.25, 0.3) is 0 Å². The van der Waals surface area contributed by atoms with E-state index < -0.39 is 39.5 Å². The third kappa shape index (κ3) is 4.87.